The second-order valence-corrected chi connectivity index (χ2v) is 6.28. The Labute approximate surface area is 140 Å². The Morgan fingerprint density at radius 3 is 2.65 bits per heavy atom. The van der Waals surface area contributed by atoms with Crippen molar-refractivity contribution in [3.63, 3.8) is 0 Å². The van der Waals surface area contributed by atoms with Crippen LogP contribution >= 0.6 is 23.4 Å². The molecule has 0 radical (unpaired) electrons. The summed E-state index contributed by atoms with van der Waals surface area (Å²) in [7, 11) is 0. The number of carbonyl (C=O) groups excluding carboxylic acids is 2. The zero-order valence-corrected chi connectivity index (χ0v) is 13.1. The largest absolute Gasteiger partial charge is 0.480 e. The van der Waals surface area contributed by atoms with Gasteiger partial charge in [-0.2, -0.15) is 5.10 Å². The van der Waals surface area contributed by atoms with Gasteiger partial charge >= 0.3 is 5.97 Å². The molecule has 2 aliphatic heterocycles. The smallest absolute Gasteiger partial charge is 0.328 e. The van der Waals surface area contributed by atoms with E-state index in [4.69, 9.17) is 11.6 Å². The molecule has 118 valence electrons. The molecule has 3 rings (SSSR count). The van der Waals surface area contributed by atoms with Gasteiger partial charge in [0.2, 0.25) is 0 Å². The molecule has 0 saturated carbocycles. The number of amides is 2. The second-order valence-electron chi connectivity index (χ2n) is 4.83. The van der Waals surface area contributed by atoms with E-state index >= 15 is 0 Å². The molecule has 2 N–H and O–H groups in total. The molecular weight excluding hydrogens is 342 g/mol. The van der Waals surface area contributed by atoms with Crippen molar-refractivity contribution < 1.29 is 19.5 Å². The van der Waals surface area contributed by atoms with Crippen LogP contribution in [0.15, 0.2) is 40.5 Å². The maximum Gasteiger partial charge on any atom is 0.328 e. The average molecular weight is 352 g/mol. The fourth-order valence-electron chi connectivity index (χ4n) is 2.19. The van der Waals surface area contributed by atoms with Gasteiger partial charge in [-0.25, -0.2) is 4.79 Å². The molecular formula is C14H10ClN3O4S. The van der Waals surface area contributed by atoms with E-state index in [-0.39, 0.29) is 11.3 Å². The van der Waals surface area contributed by atoms with Gasteiger partial charge < -0.3 is 5.11 Å². The normalized spacial score (nSPS) is 22.5. The molecule has 1 saturated heterocycles. The molecule has 1 aromatic rings. The predicted molar refractivity (Wildman–Crippen MR) is 85.1 cm³/mol. The van der Waals surface area contributed by atoms with Crippen molar-refractivity contribution in [2.75, 3.05) is 0 Å². The lowest BCUT2D eigenvalue weighted by molar-refractivity contribution is -0.141. The van der Waals surface area contributed by atoms with Crippen molar-refractivity contribution >= 4 is 46.2 Å². The molecule has 23 heavy (non-hydrogen) atoms. The Bertz CT molecular complexity index is 760. The van der Waals surface area contributed by atoms with Crippen LogP contribution < -0.4 is 5.32 Å². The van der Waals surface area contributed by atoms with E-state index in [9.17, 15) is 19.5 Å². The number of nitrogens with zero attached hydrogens (tertiary/aromatic N) is 2. The highest BCUT2D eigenvalue weighted by Gasteiger charge is 2.34. The highest BCUT2D eigenvalue weighted by Crippen LogP contribution is 2.28. The number of nitrogens with one attached hydrogen (secondary N) is 1. The van der Waals surface area contributed by atoms with Crippen LogP contribution in [0.2, 0.25) is 5.02 Å². The summed E-state index contributed by atoms with van der Waals surface area (Å²) in [5, 5.41) is 17.0. The van der Waals surface area contributed by atoms with E-state index in [1.54, 1.807) is 24.3 Å². The molecule has 0 aromatic heterocycles. The van der Waals surface area contributed by atoms with Crippen LogP contribution in [0, 0.1) is 0 Å². The summed E-state index contributed by atoms with van der Waals surface area (Å²) in [6, 6.07) is 5.94. The van der Waals surface area contributed by atoms with Crippen molar-refractivity contribution in [3.8, 4) is 0 Å². The lowest BCUT2D eigenvalue weighted by Crippen LogP contribution is -2.31. The summed E-state index contributed by atoms with van der Waals surface area (Å²) in [6.07, 6.45) is 1.47. The number of aliphatic carboxylic acids is 1. The third kappa shape index (κ3) is 3.22. The van der Waals surface area contributed by atoms with Crippen LogP contribution in [0.1, 0.15) is 12.0 Å². The predicted octanol–water partition coefficient (Wildman–Crippen LogP) is 2.03. The average Bonchev–Trinajstić information content (AvgIpc) is 3.04. The van der Waals surface area contributed by atoms with E-state index in [1.807, 2.05) is 0 Å². The quantitative estimate of drug-likeness (QED) is 0.808. The van der Waals surface area contributed by atoms with Gasteiger partial charge in [0.05, 0.1) is 5.71 Å². The molecule has 1 unspecified atom stereocenters. The second kappa shape index (κ2) is 6.05. The molecule has 0 spiro atoms. The lowest BCUT2D eigenvalue weighted by Gasteiger charge is -2.15. The molecule has 2 heterocycles. The number of halogens is 1. The molecule has 9 heteroatoms. The Morgan fingerprint density at radius 2 is 2.09 bits per heavy atom. The minimum atomic E-state index is -1.07. The number of hydrazone groups is 1. The monoisotopic (exact) mass is 351 g/mol. The van der Waals surface area contributed by atoms with Gasteiger partial charge in [-0.1, -0.05) is 23.7 Å². The summed E-state index contributed by atoms with van der Waals surface area (Å²) in [4.78, 5) is 34.3. The Balaban J connectivity index is 1.91. The third-order valence-electron chi connectivity index (χ3n) is 3.30. The van der Waals surface area contributed by atoms with Crippen molar-refractivity contribution in [1.82, 2.24) is 10.3 Å². The van der Waals surface area contributed by atoms with E-state index in [1.165, 1.54) is 11.2 Å². The van der Waals surface area contributed by atoms with Gasteiger partial charge in [0.1, 0.15) is 4.91 Å². The van der Waals surface area contributed by atoms with Crippen molar-refractivity contribution in [3.05, 3.63) is 46.0 Å². The number of rotatable bonds is 3. The first-order chi connectivity index (χ1) is 10.9. The summed E-state index contributed by atoms with van der Waals surface area (Å²) in [5.41, 5.74) is 1.32. The minimum Gasteiger partial charge on any atom is -0.480 e. The molecule has 1 atom stereocenters. The Morgan fingerprint density at radius 1 is 1.39 bits per heavy atom. The topological polar surface area (TPSA) is 99.1 Å². The van der Waals surface area contributed by atoms with Crippen molar-refractivity contribution in [2.24, 2.45) is 5.10 Å². The summed E-state index contributed by atoms with van der Waals surface area (Å²) in [5.74, 6) is -1.62. The number of benzene rings is 1. The minimum absolute atomic E-state index is 0.113. The number of thioether (sulfide) groups is 1. The zero-order valence-electron chi connectivity index (χ0n) is 11.5. The number of imide groups is 1. The molecule has 0 aliphatic carbocycles. The number of carboxylic acids is 1. The molecule has 2 amide bonds. The van der Waals surface area contributed by atoms with Gasteiger partial charge in [0.15, 0.2) is 6.04 Å². The van der Waals surface area contributed by atoms with Crippen molar-refractivity contribution in [1.29, 1.82) is 0 Å². The lowest BCUT2D eigenvalue weighted by atomic mass is 10.0. The molecule has 7 nitrogen and oxygen atoms in total. The van der Waals surface area contributed by atoms with Crippen LogP contribution in [-0.2, 0) is 9.59 Å². The first-order valence-electron chi connectivity index (χ1n) is 6.53. The van der Waals surface area contributed by atoms with E-state index < -0.39 is 23.2 Å². The van der Waals surface area contributed by atoms with Crippen LogP contribution in [-0.4, -0.2) is 39.0 Å². The summed E-state index contributed by atoms with van der Waals surface area (Å²) in [6.45, 7) is 0. The zero-order chi connectivity index (χ0) is 16.6. The fourth-order valence-corrected chi connectivity index (χ4v) is 2.97. The maximum absolute atomic E-state index is 11.6. The van der Waals surface area contributed by atoms with Crippen LogP contribution in [0.25, 0.3) is 0 Å². The Kier molecular flexibility index (Phi) is 4.10. The first-order valence-corrected chi connectivity index (χ1v) is 7.73. The van der Waals surface area contributed by atoms with E-state index in [2.05, 4.69) is 10.4 Å². The van der Waals surface area contributed by atoms with Gasteiger partial charge in [0.25, 0.3) is 11.1 Å². The van der Waals surface area contributed by atoms with Gasteiger partial charge in [-0.3, -0.25) is 19.9 Å². The van der Waals surface area contributed by atoms with Gasteiger partial charge in [-0.05, 0) is 29.5 Å². The molecule has 0 bridgehead atoms. The van der Waals surface area contributed by atoms with E-state index in [0.717, 1.165) is 5.56 Å². The molecule has 1 fully saturated rings. The number of carbonyl (C=O) groups is 3. The number of hydrogen-bond donors (Lipinski definition) is 2. The number of hydrogen-bond acceptors (Lipinski definition) is 6. The Hall–Kier alpha value is -2.32. The standard InChI is InChI=1S/C14H10ClN3O4S/c15-8-3-1-7(2-4-8)9-5-10(13(20)21)18(17-9)6-11-12(19)16-14(22)23-11/h1-4,6,10H,5H2,(H,20,21)(H,16,19,22)/b11-6-. The van der Waals surface area contributed by atoms with Crippen molar-refractivity contribution in [2.45, 2.75) is 12.5 Å². The van der Waals surface area contributed by atoms with E-state index in [0.29, 0.717) is 22.5 Å². The van der Waals surface area contributed by atoms with Crippen LogP contribution in [0.4, 0.5) is 4.79 Å². The summed E-state index contributed by atoms with van der Waals surface area (Å²) >= 11 is 6.55. The van der Waals surface area contributed by atoms with Gasteiger partial charge in [-0.15, -0.1) is 0 Å². The van der Waals surface area contributed by atoms with Gasteiger partial charge in [0, 0.05) is 17.6 Å². The maximum atomic E-state index is 11.6. The molecule has 2 aliphatic rings. The van der Waals surface area contributed by atoms with Crippen LogP contribution in [0.5, 0.6) is 0 Å². The highest BCUT2D eigenvalue weighted by molar-refractivity contribution is 8.18. The van der Waals surface area contributed by atoms with Crippen LogP contribution in [0.3, 0.4) is 0 Å². The summed E-state index contributed by atoms with van der Waals surface area (Å²) < 4.78 is 0. The third-order valence-corrected chi connectivity index (χ3v) is 4.35. The first kappa shape index (κ1) is 15.6. The number of carboxylic acid groups (broad SMARTS) is 1. The SMILES string of the molecule is O=C1NC(=O)/C(=C/N2N=C(c3ccc(Cl)cc3)CC2C(=O)O)S1. The fraction of sp³-hybridized carbons (Fsp3) is 0.143. The molecule has 1 aromatic carbocycles. The highest BCUT2D eigenvalue weighted by atomic mass is 35.5.